The molecule has 4 heteroatoms. The molecule has 0 spiro atoms. The van der Waals surface area contributed by atoms with E-state index in [0.717, 1.165) is 17.8 Å². The van der Waals surface area contributed by atoms with E-state index < -0.39 is 0 Å². The molecule has 0 aromatic heterocycles. The molecule has 0 bridgehead atoms. The van der Waals surface area contributed by atoms with Crippen molar-refractivity contribution in [1.82, 2.24) is 5.32 Å². The highest BCUT2D eigenvalue weighted by Gasteiger charge is 2.09. The van der Waals surface area contributed by atoms with E-state index in [4.69, 9.17) is 5.73 Å². The first-order chi connectivity index (χ1) is 10.2. The van der Waals surface area contributed by atoms with Gasteiger partial charge in [-0.15, -0.1) is 0 Å². The van der Waals surface area contributed by atoms with Crippen LogP contribution < -0.4 is 16.0 Å². The van der Waals surface area contributed by atoms with Crippen molar-refractivity contribution in [1.29, 1.82) is 0 Å². The number of amides is 1. The standard InChI is InChI=1S/C17H21N3O/c1-2-20(16-10-6-9-15(18)11-16)13-17(21)19-12-14-7-4-3-5-8-14/h3-11H,2,12-13,18H2,1H3,(H,19,21). The van der Waals surface area contributed by atoms with Gasteiger partial charge in [0.2, 0.25) is 5.91 Å². The summed E-state index contributed by atoms with van der Waals surface area (Å²) in [7, 11) is 0. The van der Waals surface area contributed by atoms with Gasteiger partial charge in [-0.2, -0.15) is 0 Å². The monoisotopic (exact) mass is 283 g/mol. The molecule has 1 amide bonds. The molecule has 2 rings (SSSR count). The molecule has 0 heterocycles. The molecule has 4 nitrogen and oxygen atoms in total. The molecule has 0 unspecified atom stereocenters. The Labute approximate surface area is 125 Å². The number of nitrogens with zero attached hydrogens (tertiary/aromatic N) is 1. The molecule has 110 valence electrons. The molecule has 2 aromatic rings. The summed E-state index contributed by atoms with van der Waals surface area (Å²) in [5.41, 5.74) is 8.55. The molecular formula is C17H21N3O. The van der Waals surface area contributed by atoms with Crippen LogP contribution in [-0.2, 0) is 11.3 Å². The first kappa shape index (κ1) is 14.9. The van der Waals surface area contributed by atoms with Crippen LogP contribution in [0.2, 0.25) is 0 Å². The fourth-order valence-electron chi connectivity index (χ4n) is 2.13. The molecule has 21 heavy (non-hydrogen) atoms. The lowest BCUT2D eigenvalue weighted by atomic mass is 10.2. The first-order valence-electron chi connectivity index (χ1n) is 7.10. The molecule has 0 radical (unpaired) electrons. The Balaban J connectivity index is 1.91. The summed E-state index contributed by atoms with van der Waals surface area (Å²) in [4.78, 5) is 14.1. The topological polar surface area (TPSA) is 58.4 Å². The number of rotatable bonds is 6. The van der Waals surface area contributed by atoms with E-state index in [-0.39, 0.29) is 5.91 Å². The smallest absolute Gasteiger partial charge is 0.239 e. The predicted molar refractivity (Wildman–Crippen MR) is 87.0 cm³/mol. The summed E-state index contributed by atoms with van der Waals surface area (Å²) in [5.74, 6) is 0.00290. The van der Waals surface area contributed by atoms with Crippen LogP contribution in [-0.4, -0.2) is 19.0 Å². The van der Waals surface area contributed by atoms with Crippen molar-refractivity contribution in [2.24, 2.45) is 0 Å². The Morgan fingerprint density at radius 1 is 1.14 bits per heavy atom. The van der Waals surface area contributed by atoms with Gasteiger partial charge < -0.3 is 16.0 Å². The third kappa shape index (κ3) is 4.53. The van der Waals surface area contributed by atoms with E-state index in [0.29, 0.717) is 18.8 Å². The Bertz CT molecular complexity index is 584. The molecule has 0 atom stereocenters. The molecule has 0 saturated carbocycles. The number of likely N-dealkylation sites (N-methyl/N-ethyl adjacent to an activating group) is 1. The largest absolute Gasteiger partial charge is 0.399 e. The summed E-state index contributed by atoms with van der Waals surface area (Å²) < 4.78 is 0. The highest BCUT2D eigenvalue weighted by Crippen LogP contribution is 2.16. The van der Waals surface area contributed by atoms with Crippen LogP contribution in [0.1, 0.15) is 12.5 Å². The average molecular weight is 283 g/mol. The molecule has 0 aliphatic rings. The third-order valence-electron chi connectivity index (χ3n) is 3.28. The lowest BCUT2D eigenvalue weighted by molar-refractivity contribution is -0.119. The number of nitrogens with one attached hydrogen (secondary N) is 1. The minimum Gasteiger partial charge on any atom is -0.399 e. The Kier molecular flexibility index (Phi) is 5.21. The van der Waals surface area contributed by atoms with Gasteiger partial charge in [0.15, 0.2) is 0 Å². The molecule has 3 N–H and O–H groups in total. The van der Waals surface area contributed by atoms with Crippen molar-refractivity contribution in [2.45, 2.75) is 13.5 Å². The predicted octanol–water partition coefficient (Wildman–Crippen LogP) is 2.41. The van der Waals surface area contributed by atoms with E-state index in [1.54, 1.807) is 0 Å². The van der Waals surface area contributed by atoms with Crippen molar-refractivity contribution >= 4 is 17.3 Å². The average Bonchev–Trinajstić information content (AvgIpc) is 2.51. The number of hydrogen-bond acceptors (Lipinski definition) is 3. The van der Waals surface area contributed by atoms with Crippen LogP contribution >= 0.6 is 0 Å². The van der Waals surface area contributed by atoms with Gasteiger partial charge in [0.25, 0.3) is 0 Å². The molecule has 0 aliphatic heterocycles. The molecular weight excluding hydrogens is 262 g/mol. The van der Waals surface area contributed by atoms with Gasteiger partial charge in [0.05, 0.1) is 6.54 Å². The van der Waals surface area contributed by atoms with Crippen molar-refractivity contribution in [3.63, 3.8) is 0 Å². The molecule has 0 fully saturated rings. The Hall–Kier alpha value is -2.49. The molecule has 0 saturated heterocycles. The molecule has 2 aromatic carbocycles. The number of nitrogen functional groups attached to an aromatic ring is 1. The van der Waals surface area contributed by atoms with Crippen molar-refractivity contribution in [2.75, 3.05) is 23.7 Å². The van der Waals surface area contributed by atoms with Crippen molar-refractivity contribution < 1.29 is 4.79 Å². The minimum absolute atomic E-state index is 0.00290. The normalized spacial score (nSPS) is 10.1. The van der Waals surface area contributed by atoms with Gasteiger partial charge in [0, 0.05) is 24.5 Å². The van der Waals surface area contributed by atoms with Crippen LogP contribution in [0.25, 0.3) is 0 Å². The van der Waals surface area contributed by atoms with E-state index in [1.165, 1.54) is 0 Å². The van der Waals surface area contributed by atoms with Crippen LogP contribution in [0.4, 0.5) is 11.4 Å². The zero-order valence-electron chi connectivity index (χ0n) is 12.3. The second kappa shape index (κ2) is 7.33. The van der Waals surface area contributed by atoms with Crippen LogP contribution in [0, 0.1) is 0 Å². The van der Waals surface area contributed by atoms with E-state index >= 15 is 0 Å². The summed E-state index contributed by atoms with van der Waals surface area (Å²) in [5, 5.41) is 2.94. The number of benzene rings is 2. The lowest BCUT2D eigenvalue weighted by Gasteiger charge is -2.22. The Morgan fingerprint density at radius 3 is 2.57 bits per heavy atom. The lowest BCUT2D eigenvalue weighted by Crippen LogP contribution is -2.37. The highest BCUT2D eigenvalue weighted by atomic mass is 16.2. The maximum absolute atomic E-state index is 12.1. The van der Waals surface area contributed by atoms with Crippen molar-refractivity contribution in [3.8, 4) is 0 Å². The maximum Gasteiger partial charge on any atom is 0.239 e. The fraction of sp³-hybridized carbons (Fsp3) is 0.235. The minimum atomic E-state index is 0.00290. The van der Waals surface area contributed by atoms with E-state index in [9.17, 15) is 4.79 Å². The summed E-state index contributed by atoms with van der Waals surface area (Å²) >= 11 is 0. The zero-order chi connectivity index (χ0) is 15.1. The second-order valence-electron chi connectivity index (χ2n) is 4.87. The number of carbonyl (C=O) groups excluding carboxylic acids is 1. The third-order valence-corrected chi connectivity index (χ3v) is 3.28. The number of nitrogens with two attached hydrogens (primary N) is 1. The SMILES string of the molecule is CCN(CC(=O)NCc1ccccc1)c1cccc(N)c1. The van der Waals surface area contributed by atoms with Gasteiger partial charge in [-0.05, 0) is 30.7 Å². The van der Waals surface area contributed by atoms with Gasteiger partial charge in [-0.25, -0.2) is 0 Å². The zero-order valence-corrected chi connectivity index (χ0v) is 12.3. The highest BCUT2D eigenvalue weighted by molar-refractivity contribution is 5.81. The van der Waals surface area contributed by atoms with E-state index in [1.807, 2.05) is 66.4 Å². The number of carbonyl (C=O) groups is 1. The van der Waals surface area contributed by atoms with Crippen LogP contribution in [0.3, 0.4) is 0 Å². The van der Waals surface area contributed by atoms with E-state index in [2.05, 4.69) is 5.32 Å². The summed E-state index contributed by atoms with van der Waals surface area (Å²) in [6.07, 6.45) is 0. The van der Waals surface area contributed by atoms with Gasteiger partial charge in [-0.1, -0.05) is 36.4 Å². The summed E-state index contributed by atoms with van der Waals surface area (Å²) in [6, 6.07) is 17.5. The maximum atomic E-state index is 12.1. The second-order valence-corrected chi connectivity index (χ2v) is 4.87. The molecule has 0 aliphatic carbocycles. The van der Waals surface area contributed by atoms with Crippen LogP contribution in [0.5, 0.6) is 0 Å². The number of anilines is 2. The quantitative estimate of drug-likeness (QED) is 0.800. The van der Waals surface area contributed by atoms with Crippen LogP contribution in [0.15, 0.2) is 54.6 Å². The fourth-order valence-corrected chi connectivity index (χ4v) is 2.13. The van der Waals surface area contributed by atoms with Gasteiger partial charge in [0.1, 0.15) is 0 Å². The first-order valence-corrected chi connectivity index (χ1v) is 7.10. The number of hydrogen-bond donors (Lipinski definition) is 2. The van der Waals surface area contributed by atoms with Crippen molar-refractivity contribution in [3.05, 3.63) is 60.2 Å². The van der Waals surface area contributed by atoms with Gasteiger partial charge in [-0.3, -0.25) is 4.79 Å². The Morgan fingerprint density at radius 2 is 1.90 bits per heavy atom. The summed E-state index contributed by atoms with van der Waals surface area (Å²) in [6.45, 7) is 3.65. The van der Waals surface area contributed by atoms with Gasteiger partial charge >= 0.3 is 0 Å².